The van der Waals surface area contributed by atoms with Gasteiger partial charge in [0.2, 0.25) is 5.76 Å². The second-order valence-electron chi connectivity index (χ2n) is 8.53. The number of fused-ring (bicyclic) bond motifs is 2. The molecule has 0 N–H and O–H groups in total. The minimum atomic E-state index is -0.935. The SMILES string of the molecule is C=CCOc1ccc(C2c3c(oc4ccc(Cl)cc4c3=O)C(=O)N2c2nc(C)c(C(=O)OCC)s2)cc1OC. The van der Waals surface area contributed by atoms with Crippen LogP contribution in [-0.2, 0) is 4.74 Å². The van der Waals surface area contributed by atoms with E-state index in [0.717, 1.165) is 11.3 Å². The van der Waals surface area contributed by atoms with E-state index in [1.54, 1.807) is 50.3 Å². The molecule has 1 aliphatic heterocycles. The fourth-order valence-electron chi connectivity index (χ4n) is 4.45. The maximum absolute atomic E-state index is 13.9. The third kappa shape index (κ3) is 4.55. The highest BCUT2D eigenvalue weighted by Crippen LogP contribution is 2.45. The lowest BCUT2D eigenvalue weighted by molar-refractivity contribution is 0.0531. The molecule has 0 bridgehead atoms. The average Bonchev–Trinajstić information content (AvgIpc) is 3.45. The fraction of sp³-hybridized carbons (Fsp3) is 0.214. The Labute approximate surface area is 232 Å². The summed E-state index contributed by atoms with van der Waals surface area (Å²) in [6.45, 7) is 7.47. The van der Waals surface area contributed by atoms with Crippen LogP contribution in [0.15, 0.2) is 58.3 Å². The number of aromatic nitrogens is 1. The Morgan fingerprint density at radius 1 is 1.23 bits per heavy atom. The van der Waals surface area contributed by atoms with Gasteiger partial charge in [0.05, 0.1) is 36.4 Å². The third-order valence-electron chi connectivity index (χ3n) is 6.14. The summed E-state index contributed by atoms with van der Waals surface area (Å²) in [4.78, 5) is 46.4. The number of nitrogens with zero attached hydrogens (tertiary/aromatic N) is 2. The van der Waals surface area contributed by atoms with E-state index in [2.05, 4.69) is 11.6 Å². The number of thiazole rings is 1. The summed E-state index contributed by atoms with van der Waals surface area (Å²) >= 11 is 7.18. The van der Waals surface area contributed by atoms with Crippen LogP contribution >= 0.6 is 22.9 Å². The molecule has 1 aliphatic rings. The van der Waals surface area contributed by atoms with Gasteiger partial charge >= 0.3 is 5.97 Å². The molecule has 39 heavy (non-hydrogen) atoms. The first-order chi connectivity index (χ1) is 18.8. The van der Waals surface area contributed by atoms with E-state index >= 15 is 0 Å². The Hall–Kier alpha value is -4.15. The molecule has 1 amide bonds. The van der Waals surface area contributed by atoms with E-state index in [1.807, 2.05) is 0 Å². The molecule has 2 aromatic carbocycles. The lowest BCUT2D eigenvalue weighted by Gasteiger charge is -2.23. The normalized spacial score (nSPS) is 14.4. The van der Waals surface area contributed by atoms with Crippen LogP contribution in [0.2, 0.25) is 5.02 Å². The average molecular weight is 567 g/mol. The van der Waals surface area contributed by atoms with Crippen molar-refractivity contribution in [3.05, 3.63) is 91.8 Å². The van der Waals surface area contributed by atoms with Crippen LogP contribution in [0.1, 0.15) is 50.0 Å². The van der Waals surface area contributed by atoms with Gasteiger partial charge in [-0.3, -0.25) is 14.5 Å². The van der Waals surface area contributed by atoms with Crippen molar-refractivity contribution in [2.45, 2.75) is 19.9 Å². The Kier molecular flexibility index (Phi) is 7.16. The number of rotatable bonds is 8. The zero-order chi connectivity index (χ0) is 27.8. The molecule has 0 saturated heterocycles. The van der Waals surface area contributed by atoms with Gasteiger partial charge in [0.25, 0.3) is 5.91 Å². The molecule has 5 rings (SSSR count). The first-order valence-electron chi connectivity index (χ1n) is 11.9. The first kappa shape index (κ1) is 26.5. The lowest BCUT2D eigenvalue weighted by Crippen LogP contribution is -2.29. The number of esters is 1. The molecular formula is C28H23ClN2O7S. The van der Waals surface area contributed by atoms with E-state index in [-0.39, 0.29) is 45.5 Å². The summed E-state index contributed by atoms with van der Waals surface area (Å²) in [6.07, 6.45) is 1.61. The van der Waals surface area contributed by atoms with Crippen molar-refractivity contribution < 1.29 is 28.2 Å². The number of carbonyl (C=O) groups is 2. The highest BCUT2D eigenvalue weighted by atomic mass is 35.5. The second kappa shape index (κ2) is 10.5. The minimum absolute atomic E-state index is 0.115. The molecule has 2 aromatic heterocycles. The van der Waals surface area contributed by atoms with Crippen molar-refractivity contribution >= 4 is 50.9 Å². The zero-order valence-electron chi connectivity index (χ0n) is 21.3. The number of carbonyl (C=O) groups excluding carboxylic acids is 2. The summed E-state index contributed by atoms with van der Waals surface area (Å²) in [5, 5.41) is 0.804. The number of hydrogen-bond donors (Lipinski definition) is 0. The predicted octanol–water partition coefficient (Wildman–Crippen LogP) is 5.71. The van der Waals surface area contributed by atoms with Gasteiger partial charge in [-0.1, -0.05) is 41.7 Å². The molecular weight excluding hydrogens is 544 g/mol. The Balaban J connectivity index is 1.74. The minimum Gasteiger partial charge on any atom is -0.493 e. The van der Waals surface area contributed by atoms with Crippen molar-refractivity contribution in [3.63, 3.8) is 0 Å². The van der Waals surface area contributed by atoms with Gasteiger partial charge in [-0.15, -0.1) is 0 Å². The Morgan fingerprint density at radius 3 is 2.74 bits per heavy atom. The maximum atomic E-state index is 13.9. The maximum Gasteiger partial charge on any atom is 0.350 e. The molecule has 3 heterocycles. The largest absolute Gasteiger partial charge is 0.493 e. The summed E-state index contributed by atoms with van der Waals surface area (Å²) in [5.74, 6) is -0.370. The van der Waals surface area contributed by atoms with Gasteiger partial charge < -0.3 is 18.6 Å². The quantitative estimate of drug-likeness (QED) is 0.197. The summed E-state index contributed by atoms with van der Waals surface area (Å²) in [6, 6.07) is 8.81. The smallest absolute Gasteiger partial charge is 0.350 e. The van der Waals surface area contributed by atoms with Crippen LogP contribution < -0.4 is 19.8 Å². The van der Waals surface area contributed by atoms with Crippen molar-refractivity contribution in [2.24, 2.45) is 0 Å². The molecule has 0 saturated carbocycles. The topological polar surface area (TPSA) is 108 Å². The molecule has 200 valence electrons. The van der Waals surface area contributed by atoms with Gasteiger partial charge in [0.15, 0.2) is 22.1 Å². The molecule has 11 heteroatoms. The van der Waals surface area contributed by atoms with Crippen LogP contribution in [-0.4, -0.2) is 37.2 Å². The number of aryl methyl sites for hydroxylation is 1. The van der Waals surface area contributed by atoms with Crippen LogP contribution in [0.4, 0.5) is 5.13 Å². The van der Waals surface area contributed by atoms with Gasteiger partial charge in [-0.05, 0) is 49.7 Å². The highest BCUT2D eigenvalue weighted by molar-refractivity contribution is 7.17. The molecule has 1 atom stereocenters. The van der Waals surface area contributed by atoms with E-state index in [0.29, 0.717) is 27.8 Å². The molecule has 0 fully saturated rings. The van der Waals surface area contributed by atoms with Gasteiger partial charge in [-0.25, -0.2) is 9.78 Å². The molecule has 4 aromatic rings. The monoisotopic (exact) mass is 566 g/mol. The number of anilines is 1. The summed E-state index contributed by atoms with van der Waals surface area (Å²) in [5.41, 5.74) is 0.897. The molecule has 0 spiro atoms. The van der Waals surface area contributed by atoms with Crippen molar-refractivity contribution in [2.75, 3.05) is 25.2 Å². The van der Waals surface area contributed by atoms with Crippen LogP contribution in [0, 0.1) is 6.92 Å². The first-order valence-corrected chi connectivity index (χ1v) is 13.1. The van der Waals surface area contributed by atoms with Crippen molar-refractivity contribution in [3.8, 4) is 11.5 Å². The van der Waals surface area contributed by atoms with Crippen molar-refractivity contribution in [1.82, 2.24) is 4.98 Å². The number of methoxy groups -OCH3 is 1. The van der Waals surface area contributed by atoms with E-state index < -0.39 is 23.3 Å². The second-order valence-corrected chi connectivity index (χ2v) is 9.95. The van der Waals surface area contributed by atoms with Crippen LogP contribution in [0.5, 0.6) is 11.5 Å². The number of benzene rings is 2. The van der Waals surface area contributed by atoms with Crippen molar-refractivity contribution in [1.29, 1.82) is 0 Å². The standard InChI is InChI=1S/C28H23ClN2O7S/c1-5-11-37-19-9-7-15(12-20(19)35-4)22-21-23(32)17-13-16(29)8-10-18(17)38-24(21)26(33)31(22)28-30-14(3)25(39-28)27(34)36-6-2/h5,7-10,12-13,22H,1,6,11H2,2-4H3. The summed E-state index contributed by atoms with van der Waals surface area (Å²) < 4.78 is 22.4. The lowest BCUT2D eigenvalue weighted by atomic mass is 9.98. The van der Waals surface area contributed by atoms with E-state index in [4.69, 9.17) is 30.2 Å². The molecule has 0 aliphatic carbocycles. The molecule has 9 nitrogen and oxygen atoms in total. The molecule has 1 unspecified atom stereocenters. The fourth-order valence-corrected chi connectivity index (χ4v) is 5.61. The van der Waals surface area contributed by atoms with E-state index in [9.17, 15) is 14.4 Å². The third-order valence-corrected chi connectivity index (χ3v) is 7.52. The van der Waals surface area contributed by atoms with Gasteiger partial charge in [0.1, 0.15) is 17.1 Å². The number of halogens is 1. The van der Waals surface area contributed by atoms with Gasteiger partial charge in [0, 0.05) is 5.02 Å². The molecule has 0 radical (unpaired) electrons. The predicted molar refractivity (Wildman–Crippen MR) is 148 cm³/mol. The zero-order valence-corrected chi connectivity index (χ0v) is 22.9. The number of amides is 1. The van der Waals surface area contributed by atoms with E-state index in [1.165, 1.54) is 18.1 Å². The Morgan fingerprint density at radius 2 is 2.03 bits per heavy atom. The van der Waals surface area contributed by atoms with Crippen LogP contribution in [0.25, 0.3) is 11.0 Å². The highest BCUT2D eigenvalue weighted by Gasteiger charge is 2.45. The van der Waals surface area contributed by atoms with Gasteiger partial charge in [-0.2, -0.15) is 0 Å². The summed E-state index contributed by atoms with van der Waals surface area (Å²) in [7, 11) is 1.49. The van der Waals surface area contributed by atoms with Crippen LogP contribution in [0.3, 0.4) is 0 Å². The number of ether oxygens (including phenoxy) is 3. The number of hydrogen-bond acceptors (Lipinski definition) is 9. The Bertz CT molecular complexity index is 1690.